The second-order valence-electron chi connectivity index (χ2n) is 1.99. The van der Waals surface area contributed by atoms with E-state index >= 15 is 0 Å². The Kier molecular flexibility index (Phi) is 2.41. The third kappa shape index (κ3) is 2.18. The van der Waals surface area contributed by atoms with Crippen LogP contribution in [0.4, 0.5) is 8.78 Å². The molecular weight excluding hydrogens is 150 g/mol. The van der Waals surface area contributed by atoms with Gasteiger partial charge in [0.15, 0.2) is 0 Å². The third-order valence-electron chi connectivity index (χ3n) is 1.19. The number of ether oxygens (including phenoxy) is 1. The number of halogens is 2. The van der Waals surface area contributed by atoms with Crippen molar-refractivity contribution >= 4 is 0 Å². The van der Waals surface area contributed by atoms with Crippen molar-refractivity contribution in [2.45, 2.75) is 6.61 Å². The van der Waals surface area contributed by atoms with E-state index in [1.54, 1.807) is 18.2 Å². The fourth-order valence-electron chi connectivity index (χ4n) is 0.715. The molecule has 1 nitrogen and oxygen atoms in total. The lowest BCUT2D eigenvalue weighted by atomic mass is 10.2. The van der Waals surface area contributed by atoms with Crippen molar-refractivity contribution in [3.8, 4) is 5.75 Å². The molecule has 0 bridgehead atoms. The van der Waals surface area contributed by atoms with Crippen molar-refractivity contribution in [3.63, 3.8) is 0 Å². The number of rotatable bonds is 2. The van der Waals surface area contributed by atoms with Gasteiger partial charge in [0.1, 0.15) is 5.75 Å². The Morgan fingerprint density at radius 3 is 2.45 bits per heavy atom. The van der Waals surface area contributed by atoms with Crippen LogP contribution in [0.5, 0.6) is 5.75 Å². The van der Waals surface area contributed by atoms with Crippen molar-refractivity contribution in [2.24, 2.45) is 0 Å². The zero-order valence-electron chi connectivity index (χ0n) is 5.76. The standard InChI is InChI=1S/C8H7F2O/c1-6-4-2-3-5-7(6)11-8(9)10/h2-5,8H,1H2. The van der Waals surface area contributed by atoms with Crippen LogP contribution in [0.25, 0.3) is 0 Å². The number of para-hydroxylation sites is 1. The minimum atomic E-state index is -2.78. The van der Waals surface area contributed by atoms with Gasteiger partial charge in [-0.05, 0) is 18.6 Å². The van der Waals surface area contributed by atoms with E-state index in [1.165, 1.54) is 6.07 Å². The van der Waals surface area contributed by atoms with E-state index in [9.17, 15) is 8.78 Å². The molecule has 0 aliphatic rings. The minimum absolute atomic E-state index is 0.127. The maximum absolute atomic E-state index is 11.7. The summed E-state index contributed by atoms with van der Waals surface area (Å²) in [6.45, 7) is 0.736. The van der Waals surface area contributed by atoms with E-state index < -0.39 is 6.61 Å². The van der Waals surface area contributed by atoms with Gasteiger partial charge in [0.05, 0.1) is 0 Å². The minimum Gasteiger partial charge on any atom is -0.435 e. The predicted molar refractivity (Wildman–Crippen MR) is 37.5 cm³/mol. The largest absolute Gasteiger partial charge is 0.435 e. The summed E-state index contributed by atoms with van der Waals surface area (Å²) in [4.78, 5) is 0. The van der Waals surface area contributed by atoms with Crippen LogP contribution in [0.15, 0.2) is 24.3 Å². The van der Waals surface area contributed by atoms with Crippen LogP contribution in [0.1, 0.15) is 5.56 Å². The van der Waals surface area contributed by atoms with Gasteiger partial charge in [-0.1, -0.05) is 18.2 Å². The highest BCUT2D eigenvalue weighted by atomic mass is 19.3. The van der Waals surface area contributed by atoms with Crippen molar-refractivity contribution in [2.75, 3.05) is 0 Å². The van der Waals surface area contributed by atoms with Gasteiger partial charge in [-0.25, -0.2) is 0 Å². The highest BCUT2D eigenvalue weighted by Crippen LogP contribution is 2.18. The van der Waals surface area contributed by atoms with Crippen molar-refractivity contribution in [3.05, 3.63) is 36.8 Å². The van der Waals surface area contributed by atoms with E-state index in [2.05, 4.69) is 11.7 Å². The molecule has 0 N–H and O–H groups in total. The van der Waals surface area contributed by atoms with Crippen LogP contribution < -0.4 is 4.74 Å². The van der Waals surface area contributed by atoms with Crippen molar-refractivity contribution in [1.29, 1.82) is 0 Å². The van der Waals surface area contributed by atoms with Crippen LogP contribution >= 0.6 is 0 Å². The summed E-state index contributed by atoms with van der Waals surface area (Å²) in [7, 11) is 0. The molecule has 0 saturated carbocycles. The topological polar surface area (TPSA) is 9.23 Å². The summed E-state index contributed by atoms with van der Waals surface area (Å²) in [5.41, 5.74) is 0.466. The zero-order chi connectivity index (χ0) is 8.27. The lowest BCUT2D eigenvalue weighted by Gasteiger charge is -2.05. The van der Waals surface area contributed by atoms with Gasteiger partial charge in [-0.2, -0.15) is 8.78 Å². The highest BCUT2D eigenvalue weighted by molar-refractivity contribution is 5.35. The summed E-state index contributed by atoms with van der Waals surface area (Å²) < 4.78 is 27.5. The first kappa shape index (κ1) is 7.98. The molecule has 11 heavy (non-hydrogen) atoms. The van der Waals surface area contributed by atoms with E-state index in [-0.39, 0.29) is 5.75 Å². The Morgan fingerprint density at radius 1 is 1.27 bits per heavy atom. The summed E-state index contributed by atoms with van der Waals surface area (Å²) in [6.07, 6.45) is 0. The SMILES string of the molecule is [CH2]c1ccccc1OC(F)F. The number of benzene rings is 1. The van der Waals surface area contributed by atoms with Gasteiger partial charge < -0.3 is 4.74 Å². The molecule has 0 unspecified atom stereocenters. The van der Waals surface area contributed by atoms with Crippen LogP contribution in [-0.2, 0) is 0 Å². The Balaban J connectivity index is 2.78. The summed E-state index contributed by atoms with van der Waals surface area (Å²) in [5, 5.41) is 0. The molecule has 0 aliphatic heterocycles. The average Bonchev–Trinajstić information content (AvgIpc) is 1.93. The van der Waals surface area contributed by atoms with Gasteiger partial charge in [0, 0.05) is 0 Å². The fourth-order valence-corrected chi connectivity index (χ4v) is 0.715. The molecule has 0 spiro atoms. The number of alkyl halides is 2. The van der Waals surface area contributed by atoms with Crippen LogP contribution in [0, 0.1) is 6.92 Å². The van der Waals surface area contributed by atoms with E-state index in [0.717, 1.165) is 0 Å². The molecule has 0 heterocycles. The molecule has 0 aliphatic carbocycles. The zero-order valence-corrected chi connectivity index (χ0v) is 5.76. The van der Waals surface area contributed by atoms with Gasteiger partial charge in [0.25, 0.3) is 0 Å². The maximum Gasteiger partial charge on any atom is 0.387 e. The van der Waals surface area contributed by atoms with E-state index in [0.29, 0.717) is 5.56 Å². The molecule has 3 heteroatoms. The predicted octanol–water partition coefficient (Wildman–Crippen LogP) is 2.47. The molecule has 0 amide bonds. The molecule has 0 atom stereocenters. The highest BCUT2D eigenvalue weighted by Gasteiger charge is 2.04. The monoisotopic (exact) mass is 157 g/mol. The molecule has 0 fully saturated rings. The molecule has 59 valence electrons. The smallest absolute Gasteiger partial charge is 0.387 e. The molecule has 1 aromatic rings. The van der Waals surface area contributed by atoms with Crippen molar-refractivity contribution < 1.29 is 13.5 Å². The Morgan fingerprint density at radius 2 is 1.91 bits per heavy atom. The number of hydrogen-bond acceptors (Lipinski definition) is 1. The van der Waals surface area contributed by atoms with Crippen LogP contribution in [-0.4, -0.2) is 6.61 Å². The first-order chi connectivity index (χ1) is 5.20. The second-order valence-corrected chi connectivity index (χ2v) is 1.99. The summed E-state index contributed by atoms with van der Waals surface area (Å²) in [6, 6.07) is 6.39. The van der Waals surface area contributed by atoms with E-state index in [1.807, 2.05) is 0 Å². The van der Waals surface area contributed by atoms with Crippen LogP contribution in [0.3, 0.4) is 0 Å². The molecule has 1 aromatic carbocycles. The fraction of sp³-hybridized carbons (Fsp3) is 0.125. The molecular formula is C8H7F2O. The number of hydrogen-bond donors (Lipinski definition) is 0. The third-order valence-corrected chi connectivity index (χ3v) is 1.19. The Hall–Kier alpha value is -1.12. The second kappa shape index (κ2) is 3.32. The lowest BCUT2D eigenvalue weighted by molar-refractivity contribution is -0.0501. The molecule has 1 radical (unpaired) electrons. The average molecular weight is 157 g/mol. The quantitative estimate of drug-likeness (QED) is 0.640. The lowest BCUT2D eigenvalue weighted by Crippen LogP contribution is -2.02. The normalized spacial score (nSPS) is 10.2. The first-order valence-corrected chi connectivity index (χ1v) is 3.06. The Bertz CT molecular complexity index is 235. The van der Waals surface area contributed by atoms with Crippen molar-refractivity contribution in [1.82, 2.24) is 0 Å². The van der Waals surface area contributed by atoms with Gasteiger partial charge in [-0.15, -0.1) is 0 Å². The van der Waals surface area contributed by atoms with Gasteiger partial charge in [-0.3, -0.25) is 0 Å². The van der Waals surface area contributed by atoms with Gasteiger partial charge in [0.2, 0.25) is 0 Å². The van der Waals surface area contributed by atoms with Crippen LogP contribution in [0.2, 0.25) is 0 Å². The first-order valence-electron chi connectivity index (χ1n) is 3.06. The van der Waals surface area contributed by atoms with E-state index in [4.69, 9.17) is 0 Å². The summed E-state index contributed by atoms with van der Waals surface area (Å²) in [5.74, 6) is 0.127. The summed E-state index contributed by atoms with van der Waals surface area (Å²) >= 11 is 0. The molecule has 0 aromatic heterocycles. The maximum atomic E-state index is 11.7. The van der Waals surface area contributed by atoms with Gasteiger partial charge >= 0.3 is 6.61 Å². The molecule has 0 saturated heterocycles. The molecule has 1 rings (SSSR count). The Labute approximate surface area is 63.6 Å².